The number of ketones is 1. The Labute approximate surface area is 152 Å². The van der Waals surface area contributed by atoms with Crippen LogP contribution in [0.15, 0.2) is 42.5 Å². The van der Waals surface area contributed by atoms with Crippen molar-refractivity contribution in [3.05, 3.63) is 63.6 Å². The molecular weight excluding hydrogens is 345 g/mol. The number of benzene rings is 2. The van der Waals surface area contributed by atoms with E-state index in [1.54, 1.807) is 6.07 Å². The highest BCUT2D eigenvalue weighted by Crippen LogP contribution is 2.27. The summed E-state index contributed by atoms with van der Waals surface area (Å²) in [6.45, 7) is 3.28. The largest absolute Gasteiger partial charge is 0.378 e. The molecule has 0 atom stereocenters. The lowest BCUT2D eigenvalue weighted by atomic mass is 10.0. The third-order valence-corrected chi connectivity index (χ3v) is 5.08. The molecule has 2 aromatic carbocycles. The summed E-state index contributed by atoms with van der Waals surface area (Å²) in [5, 5.41) is 1.06. The normalized spacial score (nSPS) is 14.7. The second kappa shape index (κ2) is 8.02. The molecule has 1 aliphatic heterocycles. The summed E-state index contributed by atoms with van der Waals surface area (Å²) in [5.74, 6) is 0.111. The number of rotatable bonds is 5. The number of nitrogens with zero attached hydrogens (tertiary/aromatic N) is 1. The Bertz CT molecular complexity index is 710. The van der Waals surface area contributed by atoms with Gasteiger partial charge >= 0.3 is 0 Å². The van der Waals surface area contributed by atoms with E-state index in [4.69, 9.17) is 27.9 Å². The molecule has 0 aromatic heterocycles. The van der Waals surface area contributed by atoms with Gasteiger partial charge in [-0.2, -0.15) is 0 Å². The van der Waals surface area contributed by atoms with Gasteiger partial charge in [0.25, 0.3) is 0 Å². The Hall–Kier alpha value is -1.55. The van der Waals surface area contributed by atoms with Gasteiger partial charge in [0.15, 0.2) is 5.78 Å². The molecule has 0 spiro atoms. The van der Waals surface area contributed by atoms with Crippen LogP contribution >= 0.6 is 23.2 Å². The quantitative estimate of drug-likeness (QED) is 0.724. The van der Waals surface area contributed by atoms with Gasteiger partial charge in [-0.3, -0.25) is 4.79 Å². The van der Waals surface area contributed by atoms with Gasteiger partial charge in [-0.1, -0.05) is 35.3 Å². The van der Waals surface area contributed by atoms with E-state index in [0.717, 1.165) is 43.1 Å². The maximum Gasteiger partial charge on any atom is 0.163 e. The summed E-state index contributed by atoms with van der Waals surface area (Å²) in [7, 11) is 0. The molecule has 0 unspecified atom stereocenters. The first-order valence-electron chi connectivity index (χ1n) is 8.04. The minimum absolute atomic E-state index is 0.111. The van der Waals surface area contributed by atoms with E-state index < -0.39 is 0 Å². The second-order valence-electron chi connectivity index (χ2n) is 5.78. The number of hydrogen-bond acceptors (Lipinski definition) is 3. The van der Waals surface area contributed by atoms with E-state index in [1.807, 2.05) is 36.4 Å². The zero-order valence-corrected chi connectivity index (χ0v) is 14.8. The van der Waals surface area contributed by atoms with E-state index in [9.17, 15) is 4.79 Å². The van der Waals surface area contributed by atoms with Crippen LogP contribution in [0.1, 0.15) is 22.3 Å². The van der Waals surface area contributed by atoms with E-state index in [2.05, 4.69) is 4.90 Å². The number of Topliss-reactive ketones (excluding diaryl/α,β-unsaturated/α-hetero) is 1. The van der Waals surface area contributed by atoms with Crippen molar-refractivity contribution in [3.63, 3.8) is 0 Å². The van der Waals surface area contributed by atoms with Crippen molar-refractivity contribution >= 4 is 34.7 Å². The number of ether oxygens (including phenoxy) is 1. The van der Waals surface area contributed by atoms with Gasteiger partial charge in [-0.25, -0.2) is 0 Å². The van der Waals surface area contributed by atoms with Crippen LogP contribution < -0.4 is 4.90 Å². The summed E-state index contributed by atoms with van der Waals surface area (Å²) < 4.78 is 5.36. The zero-order valence-electron chi connectivity index (χ0n) is 13.3. The van der Waals surface area contributed by atoms with Crippen molar-refractivity contribution in [2.24, 2.45) is 0 Å². The van der Waals surface area contributed by atoms with Crippen LogP contribution in [0.2, 0.25) is 10.0 Å². The Kier molecular flexibility index (Phi) is 5.77. The van der Waals surface area contributed by atoms with Crippen LogP contribution in [0.3, 0.4) is 0 Å². The topological polar surface area (TPSA) is 29.5 Å². The standard InChI is InChI=1S/C19H19Cl2NO2/c20-17-3-1-2-15(19(17)21)6-9-18(23)14-4-7-16(8-5-14)22-10-12-24-13-11-22/h1-5,7-8H,6,9-13H2. The fourth-order valence-electron chi connectivity index (χ4n) is 2.81. The van der Waals surface area contributed by atoms with Crippen LogP contribution in [-0.2, 0) is 11.2 Å². The summed E-state index contributed by atoms with van der Waals surface area (Å²) in [6.07, 6.45) is 1.00. The predicted octanol–water partition coefficient (Wildman–Crippen LogP) is 4.65. The SMILES string of the molecule is O=C(CCc1cccc(Cl)c1Cl)c1ccc(N2CCOCC2)cc1. The van der Waals surface area contributed by atoms with Crippen molar-refractivity contribution in [1.29, 1.82) is 0 Å². The highest BCUT2D eigenvalue weighted by atomic mass is 35.5. The summed E-state index contributed by atoms with van der Waals surface area (Å²) in [5.41, 5.74) is 2.76. The number of anilines is 1. The number of morpholine rings is 1. The van der Waals surface area contributed by atoms with Crippen LogP contribution in [-0.4, -0.2) is 32.1 Å². The minimum Gasteiger partial charge on any atom is -0.378 e. The molecule has 3 rings (SSSR count). The fraction of sp³-hybridized carbons (Fsp3) is 0.316. The van der Waals surface area contributed by atoms with E-state index >= 15 is 0 Å². The molecule has 0 amide bonds. The molecule has 0 radical (unpaired) electrons. The lowest BCUT2D eigenvalue weighted by molar-refractivity contribution is 0.0982. The Morgan fingerprint density at radius 1 is 1.04 bits per heavy atom. The summed E-state index contributed by atoms with van der Waals surface area (Å²) >= 11 is 12.2. The minimum atomic E-state index is 0.111. The number of halogens is 2. The molecule has 1 saturated heterocycles. The summed E-state index contributed by atoms with van der Waals surface area (Å²) in [4.78, 5) is 14.7. The van der Waals surface area contributed by atoms with Gasteiger partial charge < -0.3 is 9.64 Å². The van der Waals surface area contributed by atoms with Crippen molar-refractivity contribution < 1.29 is 9.53 Å². The Morgan fingerprint density at radius 3 is 2.46 bits per heavy atom. The Morgan fingerprint density at radius 2 is 1.75 bits per heavy atom. The molecule has 0 aliphatic carbocycles. The van der Waals surface area contributed by atoms with Gasteiger partial charge in [0.2, 0.25) is 0 Å². The van der Waals surface area contributed by atoms with Gasteiger partial charge in [0.1, 0.15) is 0 Å². The molecule has 2 aromatic rings. The highest BCUT2D eigenvalue weighted by Gasteiger charge is 2.13. The molecule has 0 saturated carbocycles. The number of carbonyl (C=O) groups is 1. The number of carbonyl (C=O) groups excluding carboxylic acids is 1. The summed E-state index contributed by atoms with van der Waals surface area (Å²) in [6, 6.07) is 13.3. The first-order valence-corrected chi connectivity index (χ1v) is 8.79. The van der Waals surface area contributed by atoms with Gasteiger partial charge in [0, 0.05) is 30.8 Å². The van der Waals surface area contributed by atoms with Crippen LogP contribution in [0, 0.1) is 0 Å². The Balaban J connectivity index is 1.61. The van der Waals surface area contributed by atoms with Crippen LogP contribution in [0.4, 0.5) is 5.69 Å². The molecule has 126 valence electrons. The lowest BCUT2D eigenvalue weighted by Gasteiger charge is -2.28. The van der Waals surface area contributed by atoms with Crippen LogP contribution in [0.5, 0.6) is 0 Å². The zero-order chi connectivity index (χ0) is 16.9. The average Bonchev–Trinajstić information content (AvgIpc) is 2.63. The van der Waals surface area contributed by atoms with E-state index in [-0.39, 0.29) is 5.78 Å². The first kappa shape index (κ1) is 17.3. The van der Waals surface area contributed by atoms with Gasteiger partial charge in [-0.15, -0.1) is 0 Å². The molecular formula is C19H19Cl2NO2. The van der Waals surface area contributed by atoms with Crippen molar-refractivity contribution in [2.45, 2.75) is 12.8 Å². The molecule has 0 N–H and O–H groups in total. The van der Waals surface area contributed by atoms with Crippen molar-refractivity contribution in [3.8, 4) is 0 Å². The molecule has 0 bridgehead atoms. The molecule has 5 heteroatoms. The van der Waals surface area contributed by atoms with Crippen molar-refractivity contribution in [1.82, 2.24) is 0 Å². The molecule has 1 heterocycles. The van der Waals surface area contributed by atoms with Gasteiger partial charge in [0.05, 0.1) is 23.3 Å². The maximum absolute atomic E-state index is 12.4. The smallest absolute Gasteiger partial charge is 0.163 e. The third kappa shape index (κ3) is 4.10. The fourth-order valence-corrected chi connectivity index (χ4v) is 3.23. The molecule has 1 aliphatic rings. The monoisotopic (exact) mass is 363 g/mol. The predicted molar refractivity (Wildman–Crippen MR) is 98.6 cm³/mol. The van der Waals surface area contributed by atoms with Crippen LogP contribution in [0.25, 0.3) is 0 Å². The van der Waals surface area contributed by atoms with E-state index in [0.29, 0.717) is 22.9 Å². The average molecular weight is 364 g/mol. The third-order valence-electron chi connectivity index (χ3n) is 4.22. The highest BCUT2D eigenvalue weighted by molar-refractivity contribution is 6.42. The number of aryl methyl sites for hydroxylation is 1. The van der Waals surface area contributed by atoms with Gasteiger partial charge in [-0.05, 0) is 42.3 Å². The number of hydrogen-bond donors (Lipinski definition) is 0. The van der Waals surface area contributed by atoms with Crippen molar-refractivity contribution in [2.75, 3.05) is 31.2 Å². The maximum atomic E-state index is 12.4. The lowest BCUT2D eigenvalue weighted by Crippen LogP contribution is -2.36. The first-order chi connectivity index (χ1) is 11.6. The van der Waals surface area contributed by atoms with E-state index in [1.165, 1.54) is 0 Å². The second-order valence-corrected chi connectivity index (χ2v) is 6.57. The molecule has 24 heavy (non-hydrogen) atoms. The molecule has 1 fully saturated rings. The molecule has 3 nitrogen and oxygen atoms in total.